The number of nitrogens with zero attached hydrogens (tertiary/aromatic N) is 3. The van der Waals surface area contributed by atoms with Crippen molar-refractivity contribution in [2.75, 3.05) is 18.0 Å². The zero-order valence-corrected chi connectivity index (χ0v) is 13.0. The summed E-state index contributed by atoms with van der Waals surface area (Å²) < 4.78 is 31.7. The lowest BCUT2D eigenvalue weighted by atomic mass is 10.2. The number of methoxy groups -OCH3 is 1. The topological polar surface area (TPSA) is 83.3 Å². The van der Waals surface area contributed by atoms with Crippen LogP contribution in [0.5, 0.6) is 5.88 Å². The van der Waals surface area contributed by atoms with E-state index in [0.29, 0.717) is 17.1 Å². The summed E-state index contributed by atoms with van der Waals surface area (Å²) in [5, 5.41) is 8.92. The average Bonchev–Trinajstić information content (AvgIpc) is 2.56. The second kappa shape index (κ2) is 6.45. The Morgan fingerprint density at radius 2 is 2.09 bits per heavy atom. The van der Waals surface area contributed by atoms with Gasteiger partial charge in [-0.25, -0.2) is 13.4 Å². The lowest BCUT2D eigenvalue weighted by Crippen LogP contribution is -2.30. The van der Waals surface area contributed by atoms with Gasteiger partial charge >= 0.3 is 0 Å². The van der Waals surface area contributed by atoms with Crippen molar-refractivity contribution in [2.24, 2.45) is 0 Å². The SMILES string of the molecule is CCN(c1ccc(OC)nc1)S(=O)(=O)c1cccc(C#N)c1. The van der Waals surface area contributed by atoms with Crippen LogP contribution >= 0.6 is 0 Å². The molecule has 0 saturated carbocycles. The molecule has 0 aliphatic carbocycles. The first-order valence-corrected chi connectivity index (χ1v) is 8.00. The molecule has 7 heteroatoms. The molecule has 114 valence electrons. The highest BCUT2D eigenvalue weighted by atomic mass is 32.2. The molecule has 0 unspecified atom stereocenters. The second-order valence-electron chi connectivity index (χ2n) is 4.37. The molecule has 1 aromatic carbocycles. The molecule has 0 aliphatic rings. The Bertz CT molecular complexity index is 796. The van der Waals surface area contributed by atoms with Gasteiger partial charge in [-0.3, -0.25) is 4.31 Å². The Morgan fingerprint density at radius 1 is 1.32 bits per heavy atom. The Kier molecular flexibility index (Phi) is 4.63. The molecular weight excluding hydrogens is 302 g/mol. The largest absolute Gasteiger partial charge is 0.481 e. The lowest BCUT2D eigenvalue weighted by Gasteiger charge is -2.22. The Morgan fingerprint density at radius 3 is 2.64 bits per heavy atom. The predicted octanol–water partition coefficient (Wildman–Crippen LogP) is 2.18. The van der Waals surface area contributed by atoms with E-state index in [1.165, 1.54) is 29.7 Å². The maximum absolute atomic E-state index is 12.7. The number of anilines is 1. The van der Waals surface area contributed by atoms with Crippen LogP contribution < -0.4 is 9.04 Å². The smallest absolute Gasteiger partial charge is 0.264 e. The molecule has 0 aliphatic heterocycles. The van der Waals surface area contributed by atoms with Gasteiger partial charge in [0.1, 0.15) is 0 Å². The van der Waals surface area contributed by atoms with Gasteiger partial charge < -0.3 is 4.74 Å². The van der Waals surface area contributed by atoms with Gasteiger partial charge in [0.05, 0.1) is 35.5 Å². The minimum atomic E-state index is -3.75. The molecule has 2 aromatic rings. The quantitative estimate of drug-likeness (QED) is 0.844. The summed E-state index contributed by atoms with van der Waals surface area (Å²) in [5.41, 5.74) is 0.732. The normalized spacial score (nSPS) is 10.8. The zero-order chi connectivity index (χ0) is 16.2. The molecule has 0 amide bonds. The molecule has 0 atom stereocenters. The Balaban J connectivity index is 2.45. The molecule has 2 rings (SSSR count). The van der Waals surface area contributed by atoms with Crippen LogP contribution in [-0.4, -0.2) is 27.1 Å². The highest BCUT2D eigenvalue weighted by molar-refractivity contribution is 7.92. The van der Waals surface area contributed by atoms with Crippen LogP contribution in [0.15, 0.2) is 47.5 Å². The standard InChI is InChI=1S/C15H15N3O3S/c1-3-18(13-7-8-15(21-2)17-11-13)22(19,20)14-6-4-5-12(9-14)10-16/h4-9,11H,3H2,1-2H3. The zero-order valence-electron chi connectivity index (χ0n) is 12.2. The van der Waals surface area contributed by atoms with Crippen molar-refractivity contribution in [1.29, 1.82) is 5.26 Å². The van der Waals surface area contributed by atoms with Crippen molar-refractivity contribution in [3.63, 3.8) is 0 Å². The number of aromatic nitrogens is 1. The van der Waals surface area contributed by atoms with E-state index in [1.54, 1.807) is 31.2 Å². The van der Waals surface area contributed by atoms with E-state index in [2.05, 4.69) is 4.98 Å². The molecule has 1 heterocycles. The fourth-order valence-corrected chi connectivity index (χ4v) is 3.49. The van der Waals surface area contributed by atoms with Crippen molar-refractivity contribution >= 4 is 15.7 Å². The van der Waals surface area contributed by atoms with Gasteiger partial charge in [-0.05, 0) is 31.2 Å². The van der Waals surface area contributed by atoms with Crippen LogP contribution in [0.1, 0.15) is 12.5 Å². The van der Waals surface area contributed by atoms with E-state index in [4.69, 9.17) is 10.00 Å². The van der Waals surface area contributed by atoms with Gasteiger partial charge in [-0.1, -0.05) is 6.07 Å². The van der Waals surface area contributed by atoms with Crippen LogP contribution in [0, 0.1) is 11.3 Å². The number of ether oxygens (including phenoxy) is 1. The molecule has 0 spiro atoms. The monoisotopic (exact) mass is 317 g/mol. The van der Waals surface area contributed by atoms with Gasteiger partial charge in [0.15, 0.2) is 0 Å². The van der Waals surface area contributed by atoms with Gasteiger partial charge in [-0.15, -0.1) is 0 Å². The summed E-state index contributed by atoms with van der Waals surface area (Å²) >= 11 is 0. The van der Waals surface area contributed by atoms with E-state index in [1.807, 2.05) is 6.07 Å². The highest BCUT2D eigenvalue weighted by Crippen LogP contribution is 2.24. The number of nitriles is 1. The summed E-state index contributed by atoms with van der Waals surface area (Å²) in [7, 11) is -2.27. The Labute approximate surface area is 129 Å². The third-order valence-electron chi connectivity index (χ3n) is 3.06. The third-order valence-corrected chi connectivity index (χ3v) is 4.96. The number of hydrogen-bond donors (Lipinski definition) is 0. The summed E-state index contributed by atoms with van der Waals surface area (Å²) in [4.78, 5) is 4.10. The number of rotatable bonds is 5. The first-order valence-electron chi connectivity index (χ1n) is 6.56. The first kappa shape index (κ1) is 15.8. The molecule has 0 bridgehead atoms. The molecule has 0 fully saturated rings. The van der Waals surface area contributed by atoms with Crippen LogP contribution in [0.4, 0.5) is 5.69 Å². The van der Waals surface area contributed by atoms with E-state index in [0.717, 1.165) is 0 Å². The number of benzene rings is 1. The Hall–Kier alpha value is -2.59. The molecule has 6 nitrogen and oxygen atoms in total. The fourth-order valence-electron chi connectivity index (χ4n) is 1.99. The van der Waals surface area contributed by atoms with Crippen molar-refractivity contribution < 1.29 is 13.2 Å². The second-order valence-corrected chi connectivity index (χ2v) is 6.23. The van der Waals surface area contributed by atoms with Crippen LogP contribution in [0.25, 0.3) is 0 Å². The van der Waals surface area contributed by atoms with Crippen molar-refractivity contribution in [2.45, 2.75) is 11.8 Å². The van der Waals surface area contributed by atoms with E-state index in [-0.39, 0.29) is 11.4 Å². The number of pyridine rings is 1. The highest BCUT2D eigenvalue weighted by Gasteiger charge is 2.24. The van der Waals surface area contributed by atoms with Gasteiger partial charge in [-0.2, -0.15) is 5.26 Å². The minimum Gasteiger partial charge on any atom is -0.481 e. The van der Waals surface area contributed by atoms with Crippen LogP contribution in [0.2, 0.25) is 0 Å². The number of sulfonamides is 1. The molecule has 0 saturated heterocycles. The summed E-state index contributed by atoms with van der Waals surface area (Å²) in [6.45, 7) is 1.98. The van der Waals surface area contributed by atoms with E-state index < -0.39 is 10.0 Å². The maximum Gasteiger partial charge on any atom is 0.264 e. The van der Waals surface area contributed by atoms with E-state index >= 15 is 0 Å². The van der Waals surface area contributed by atoms with Crippen LogP contribution in [-0.2, 0) is 10.0 Å². The summed E-state index contributed by atoms with van der Waals surface area (Å²) in [6.07, 6.45) is 1.44. The molecule has 0 radical (unpaired) electrons. The lowest BCUT2D eigenvalue weighted by molar-refractivity contribution is 0.398. The van der Waals surface area contributed by atoms with Gasteiger partial charge in [0.25, 0.3) is 10.0 Å². The average molecular weight is 317 g/mol. The summed E-state index contributed by atoms with van der Waals surface area (Å²) in [5.74, 6) is 0.406. The van der Waals surface area contributed by atoms with Crippen molar-refractivity contribution in [3.8, 4) is 11.9 Å². The minimum absolute atomic E-state index is 0.0734. The maximum atomic E-state index is 12.7. The van der Waals surface area contributed by atoms with Crippen molar-refractivity contribution in [1.82, 2.24) is 4.98 Å². The predicted molar refractivity (Wildman–Crippen MR) is 82.2 cm³/mol. The molecule has 1 aromatic heterocycles. The van der Waals surface area contributed by atoms with Gasteiger partial charge in [0.2, 0.25) is 5.88 Å². The molecule has 22 heavy (non-hydrogen) atoms. The van der Waals surface area contributed by atoms with Crippen molar-refractivity contribution in [3.05, 3.63) is 48.2 Å². The van der Waals surface area contributed by atoms with Crippen LogP contribution in [0.3, 0.4) is 0 Å². The molecular formula is C15H15N3O3S. The molecule has 0 N–H and O–H groups in total. The first-order chi connectivity index (χ1) is 10.5. The third kappa shape index (κ3) is 3.02. The van der Waals surface area contributed by atoms with E-state index in [9.17, 15) is 8.42 Å². The number of hydrogen-bond acceptors (Lipinski definition) is 5. The fraction of sp³-hybridized carbons (Fsp3) is 0.200. The van der Waals surface area contributed by atoms with Gasteiger partial charge in [0, 0.05) is 12.6 Å². The summed E-state index contributed by atoms with van der Waals surface area (Å²) in [6, 6.07) is 11.1.